The van der Waals surface area contributed by atoms with Crippen molar-refractivity contribution in [2.24, 2.45) is 11.1 Å². The van der Waals surface area contributed by atoms with Crippen LogP contribution >= 0.6 is 27.3 Å². The molecule has 1 unspecified atom stereocenters. The third kappa shape index (κ3) is 2.36. The van der Waals surface area contributed by atoms with Crippen molar-refractivity contribution in [2.75, 3.05) is 0 Å². The Kier molecular flexibility index (Phi) is 4.09. The minimum Gasteiger partial charge on any atom is -0.327 e. The number of halogens is 1. The molecule has 0 saturated heterocycles. The van der Waals surface area contributed by atoms with E-state index in [4.69, 9.17) is 5.73 Å². The summed E-state index contributed by atoms with van der Waals surface area (Å²) in [5.74, 6) is 0. The van der Waals surface area contributed by atoms with Crippen LogP contribution < -0.4 is 5.73 Å². The largest absolute Gasteiger partial charge is 0.327 e. The van der Waals surface area contributed by atoms with Gasteiger partial charge in [-0.15, -0.1) is 11.3 Å². The molecule has 16 heavy (non-hydrogen) atoms. The van der Waals surface area contributed by atoms with E-state index in [9.17, 15) is 0 Å². The van der Waals surface area contributed by atoms with Gasteiger partial charge in [0.25, 0.3) is 0 Å². The van der Waals surface area contributed by atoms with E-state index in [1.54, 1.807) is 0 Å². The normalized spacial score (nSPS) is 21.2. The van der Waals surface area contributed by atoms with E-state index in [2.05, 4.69) is 34.3 Å². The van der Waals surface area contributed by atoms with Gasteiger partial charge in [0.15, 0.2) is 0 Å². The quantitative estimate of drug-likeness (QED) is 0.879. The lowest BCUT2D eigenvalue weighted by Gasteiger charge is -2.34. The van der Waals surface area contributed by atoms with E-state index >= 15 is 0 Å². The molecule has 90 valence electrons. The summed E-state index contributed by atoms with van der Waals surface area (Å²) in [6, 6.07) is 2.45. The second-order valence-corrected chi connectivity index (χ2v) is 6.78. The van der Waals surface area contributed by atoms with Gasteiger partial charge in [0.05, 0.1) is 0 Å². The lowest BCUT2D eigenvalue weighted by molar-refractivity contribution is 0.219. The third-order valence-corrected chi connectivity index (χ3v) is 6.14. The maximum atomic E-state index is 6.47. The number of thiophene rings is 1. The number of rotatable bonds is 4. The molecule has 0 bridgehead atoms. The zero-order valence-electron chi connectivity index (χ0n) is 9.84. The van der Waals surface area contributed by atoms with Crippen LogP contribution in [0.3, 0.4) is 0 Å². The summed E-state index contributed by atoms with van der Waals surface area (Å²) >= 11 is 5.42. The zero-order valence-corrected chi connectivity index (χ0v) is 12.2. The van der Waals surface area contributed by atoms with E-state index in [0.717, 1.165) is 6.42 Å². The van der Waals surface area contributed by atoms with E-state index in [1.807, 2.05) is 11.3 Å². The first-order valence-electron chi connectivity index (χ1n) is 6.15. The highest BCUT2D eigenvalue weighted by atomic mass is 79.9. The molecule has 3 heteroatoms. The van der Waals surface area contributed by atoms with Crippen LogP contribution in [0.4, 0.5) is 0 Å². The predicted molar refractivity (Wildman–Crippen MR) is 74.9 cm³/mol. The fourth-order valence-electron chi connectivity index (χ4n) is 2.95. The van der Waals surface area contributed by atoms with Gasteiger partial charge in [-0.05, 0) is 58.5 Å². The van der Waals surface area contributed by atoms with Crippen molar-refractivity contribution in [1.29, 1.82) is 0 Å². The fourth-order valence-corrected chi connectivity index (χ4v) is 4.53. The maximum absolute atomic E-state index is 6.47. The SMILES string of the molecule is CCC1(C(N)Cc2sccc2Br)CCCC1. The summed E-state index contributed by atoms with van der Waals surface area (Å²) in [4.78, 5) is 1.41. The molecule has 1 aliphatic carbocycles. The molecule has 0 amide bonds. The minimum atomic E-state index is 0.329. The van der Waals surface area contributed by atoms with Crippen molar-refractivity contribution in [3.05, 3.63) is 20.8 Å². The first kappa shape index (κ1) is 12.6. The van der Waals surface area contributed by atoms with Crippen LogP contribution in [-0.2, 0) is 6.42 Å². The molecular weight excluding hydrogens is 282 g/mol. The lowest BCUT2D eigenvalue weighted by Crippen LogP contribution is -2.41. The van der Waals surface area contributed by atoms with Crippen LogP contribution in [0.1, 0.15) is 43.9 Å². The predicted octanol–water partition coefficient (Wildman–Crippen LogP) is 4.35. The van der Waals surface area contributed by atoms with Gasteiger partial charge >= 0.3 is 0 Å². The van der Waals surface area contributed by atoms with E-state index in [-0.39, 0.29) is 0 Å². The average molecular weight is 302 g/mol. The van der Waals surface area contributed by atoms with Crippen LogP contribution in [-0.4, -0.2) is 6.04 Å². The maximum Gasteiger partial charge on any atom is 0.0314 e. The second-order valence-electron chi connectivity index (χ2n) is 4.93. The molecule has 0 aromatic carbocycles. The minimum absolute atomic E-state index is 0.329. The molecule has 2 N–H and O–H groups in total. The van der Waals surface area contributed by atoms with Gasteiger partial charge in [0.2, 0.25) is 0 Å². The molecule has 0 radical (unpaired) electrons. The summed E-state index contributed by atoms with van der Waals surface area (Å²) in [7, 11) is 0. The molecule has 1 nitrogen and oxygen atoms in total. The molecule has 1 aliphatic rings. The van der Waals surface area contributed by atoms with Crippen molar-refractivity contribution in [1.82, 2.24) is 0 Å². The van der Waals surface area contributed by atoms with Gasteiger partial charge in [-0.1, -0.05) is 19.8 Å². The number of hydrogen-bond acceptors (Lipinski definition) is 2. The fraction of sp³-hybridized carbons (Fsp3) is 0.692. The van der Waals surface area contributed by atoms with Crippen molar-refractivity contribution in [3.8, 4) is 0 Å². The molecule has 0 spiro atoms. The summed E-state index contributed by atoms with van der Waals surface area (Å²) in [6.07, 6.45) is 7.66. The Hall–Kier alpha value is 0.140. The van der Waals surface area contributed by atoms with Gasteiger partial charge < -0.3 is 5.73 Å². The van der Waals surface area contributed by atoms with Crippen LogP contribution in [0, 0.1) is 5.41 Å². The van der Waals surface area contributed by atoms with Crippen LogP contribution in [0.5, 0.6) is 0 Å². The summed E-state index contributed by atoms with van der Waals surface area (Å²) in [5, 5.41) is 2.14. The second kappa shape index (κ2) is 5.19. The van der Waals surface area contributed by atoms with Crippen LogP contribution in [0.2, 0.25) is 0 Å². The number of nitrogens with two attached hydrogens (primary N) is 1. The molecular formula is C13H20BrNS. The highest BCUT2D eigenvalue weighted by molar-refractivity contribution is 9.10. The molecule has 1 fully saturated rings. The first-order valence-corrected chi connectivity index (χ1v) is 7.83. The molecule has 1 aromatic heterocycles. The highest BCUT2D eigenvalue weighted by Gasteiger charge is 2.37. The Labute approximate surface area is 111 Å². The van der Waals surface area contributed by atoms with E-state index < -0.39 is 0 Å². The standard InChI is InChI=1S/C13H20BrNS/c1-2-13(6-3-4-7-13)12(15)9-11-10(14)5-8-16-11/h5,8,12H,2-4,6-7,9,15H2,1H3. The van der Waals surface area contributed by atoms with Gasteiger partial charge in [-0.25, -0.2) is 0 Å². The molecule has 1 heterocycles. The first-order chi connectivity index (χ1) is 7.68. The van der Waals surface area contributed by atoms with Crippen molar-refractivity contribution < 1.29 is 0 Å². The van der Waals surface area contributed by atoms with Crippen LogP contribution in [0.15, 0.2) is 15.9 Å². The van der Waals surface area contributed by atoms with Gasteiger partial charge in [-0.2, -0.15) is 0 Å². The van der Waals surface area contributed by atoms with E-state index in [0.29, 0.717) is 11.5 Å². The molecule has 1 aromatic rings. The monoisotopic (exact) mass is 301 g/mol. The summed E-state index contributed by atoms with van der Waals surface area (Å²) in [5.41, 5.74) is 6.89. The number of hydrogen-bond donors (Lipinski definition) is 1. The molecule has 1 atom stereocenters. The van der Waals surface area contributed by atoms with Gasteiger partial charge in [0, 0.05) is 15.4 Å². The smallest absolute Gasteiger partial charge is 0.0314 e. The Bertz CT molecular complexity index is 341. The Morgan fingerprint density at radius 1 is 1.50 bits per heavy atom. The van der Waals surface area contributed by atoms with Crippen LogP contribution in [0.25, 0.3) is 0 Å². The van der Waals surface area contributed by atoms with Crippen molar-refractivity contribution in [2.45, 2.75) is 51.5 Å². The topological polar surface area (TPSA) is 26.0 Å². The van der Waals surface area contributed by atoms with Gasteiger partial charge in [-0.3, -0.25) is 0 Å². The average Bonchev–Trinajstić information content (AvgIpc) is 2.89. The summed E-state index contributed by atoms with van der Waals surface area (Å²) < 4.78 is 1.23. The van der Waals surface area contributed by atoms with Gasteiger partial charge in [0.1, 0.15) is 0 Å². The molecule has 0 aliphatic heterocycles. The lowest BCUT2D eigenvalue weighted by atomic mass is 9.75. The molecule has 2 rings (SSSR count). The summed E-state index contributed by atoms with van der Waals surface area (Å²) in [6.45, 7) is 2.30. The molecule has 1 saturated carbocycles. The van der Waals surface area contributed by atoms with E-state index in [1.165, 1.54) is 41.5 Å². The Morgan fingerprint density at radius 2 is 2.19 bits per heavy atom. The Morgan fingerprint density at radius 3 is 2.69 bits per heavy atom. The van der Waals surface area contributed by atoms with Crippen molar-refractivity contribution >= 4 is 27.3 Å². The Balaban J connectivity index is 2.07. The third-order valence-electron chi connectivity index (χ3n) is 4.19. The zero-order chi connectivity index (χ0) is 11.6. The van der Waals surface area contributed by atoms with Crippen molar-refractivity contribution in [3.63, 3.8) is 0 Å². The highest BCUT2D eigenvalue weighted by Crippen LogP contribution is 2.44.